The highest BCUT2D eigenvalue weighted by atomic mass is 16.5. The van der Waals surface area contributed by atoms with E-state index in [-0.39, 0.29) is 12.2 Å². The first-order chi connectivity index (χ1) is 8.06. The van der Waals surface area contributed by atoms with Crippen LogP contribution in [0.4, 0.5) is 5.69 Å². The van der Waals surface area contributed by atoms with Gasteiger partial charge in [0, 0.05) is 0 Å². The number of nitrogens with one attached hydrogen (secondary N) is 1. The van der Waals surface area contributed by atoms with Gasteiger partial charge in [0.1, 0.15) is 11.9 Å². The van der Waals surface area contributed by atoms with Crippen LogP contribution in [0.3, 0.4) is 0 Å². The molecule has 94 valence electrons. The zero-order valence-electron chi connectivity index (χ0n) is 11.0. The zero-order valence-corrected chi connectivity index (χ0v) is 11.0. The summed E-state index contributed by atoms with van der Waals surface area (Å²) in [6, 6.07) is 4.27. The maximum atomic E-state index is 5.98. The fourth-order valence-electron chi connectivity index (χ4n) is 2.07. The van der Waals surface area contributed by atoms with Gasteiger partial charge in [-0.05, 0) is 44.9 Å². The Kier molecular flexibility index (Phi) is 3.57. The number of hydrogen-bond donors (Lipinski definition) is 1. The number of anilines is 1. The summed E-state index contributed by atoms with van der Waals surface area (Å²) in [5.74, 6) is 0.971. The molecule has 1 aliphatic heterocycles. The maximum absolute atomic E-state index is 5.98. The van der Waals surface area contributed by atoms with Crippen molar-refractivity contribution >= 4 is 5.69 Å². The summed E-state index contributed by atoms with van der Waals surface area (Å²) >= 11 is 0. The van der Waals surface area contributed by atoms with Gasteiger partial charge < -0.3 is 14.8 Å². The Morgan fingerprint density at radius 2 is 2.18 bits per heavy atom. The van der Waals surface area contributed by atoms with E-state index in [0.29, 0.717) is 6.61 Å². The molecule has 1 aromatic carbocycles. The van der Waals surface area contributed by atoms with Crippen LogP contribution in [0.15, 0.2) is 12.1 Å². The molecule has 1 heterocycles. The van der Waals surface area contributed by atoms with E-state index < -0.39 is 0 Å². The molecule has 0 bridgehead atoms. The van der Waals surface area contributed by atoms with E-state index in [1.807, 2.05) is 13.8 Å². The molecule has 1 aromatic rings. The van der Waals surface area contributed by atoms with Crippen LogP contribution in [0.2, 0.25) is 0 Å². The van der Waals surface area contributed by atoms with Crippen molar-refractivity contribution in [2.24, 2.45) is 0 Å². The molecule has 0 aromatic heterocycles. The molecular formula is C14H21NO2. The molecule has 1 unspecified atom stereocenters. The first-order valence-electron chi connectivity index (χ1n) is 6.19. The van der Waals surface area contributed by atoms with Crippen LogP contribution in [-0.4, -0.2) is 25.4 Å². The summed E-state index contributed by atoms with van der Waals surface area (Å²) < 4.78 is 11.6. The molecule has 3 heteroatoms. The van der Waals surface area contributed by atoms with Crippen molar-refractivity contribution in [1.29, 1.82) is 0 Å². The Labute approximate surface area is 103 Å². The van der Waals surface area contributed by atoms with Crippen molar-refractivity contribution in [3.8, 4) is 5.75 Å². The monoisotopic (exact) mass is 235 g/mol. The Bertz CT molecular complexity index is 401. The van der Waals surface area contributed by atoms with E-state index >= 15 is 0 Å². The number of fused-ring (bicyclic) bond motifs is 1. The highest BCUT2D eigenvalue weighted by molar-refractivity contribution is 5.63. The summed E-state index contributed by atoms with van der Waals surface area (Å²) in [7, 11) is 0. The summed E-state index contributed by atoms with van der Waals surface area (Å²) in [6.07, 6.45) is 0.352. The molecule has 1 atom stereocenters. The van der Waals surface area contributed by atoms with E-state index in [1.54, 1.807) is 0 Å². The normalized spacial score (nSPS) is 18.5. The predicted molar refractivity (Wildman–Crippen MR) is 69.9 cm³/mol. The number of rotatable bonds is 3. The summed E-state index contributed by atoms with van der Waals surface area (Å²) in [4.78, 5) is 0. The lowest BCUT2D eigenvalue weighted by Crippen LogP contribution is -2.35. The van der Waals surface area contributed by atoms with Crippen LogP contribution in [0.1, 0.15) is 25.0 Å². The van der Waals surface area contributed by atoms with Gasteiger partial charge in [-0.1, -0.05) is 6.07 Å². The lowest BCUT2D eigenvalue weighted by molar-refractivity contribution is 0.0188. The second kappa shape index (κ2) is 4.96. The molecule has 0 fully saturated rings. The summed E-state index contributed by atoms with van der Waals surface area (Å²) in [5.41, 5.74) is 3.54. The van der Waals surface area contributed by atoms with Crippen LogP contribution in [0.25, 0.3) is 0 Å². The fourth-order valence-corrected chi connectivity index (χ4v) is 2.07. The molecule has 0 saturated heterocycles. The van der Waals surface area contributed by atoms with E-state index in [1.165, 1.54) is 11.1 Å². The average molecular weight is 235 g/mol. The number of ether oxygens (including phenoxy) is 2. The highest BCUT2D eigenvalue weighted by Gasteiger charge is 2.21. The molecule has 1 aliphatic rings. The number of benzene rings is 1. The van der Waals surface area contributed by atoms with Crippen LogP contribution < -0.4 is 10.1 Å². The topological polar surface area (TPSA) is 30.5 Å². The van der Waals surface area contributed by atoms with E-state index in [4.69, 9.17) is 9.47 Å². The third-order valence-electron chi connectivity index (χ3n) is 2.84. The second-order valence-corrected chi connectivity index (χ2v) is 4.96. The Hall–Kier alpha value is -1.22. The molecular weight excluding hydrogens is 214 g/mol. The SMILES string of the molecule is Cc1cc(C)c2c(c1)NCC(COC(C)C)O2. The molecule has 17 heavy (non-hydrogen) atoms. The lowest BCUT2D eigenvalue weighted by Gasteiger charge is -2.29. The van der Waals surface area contributed by atoms with E-state index in [2.05, 4.69) is 31.3 Å². The molecule has 2 rings (SSSR count). The van der Waals surface area contributed by atoms with Gasteiger partial charge in [0.15, 0.2) is 0 Å². The molecule has 3 nitrogen and oxygen atoms in total. The largest absolute Gasteiger partial charge is 0.484 e. The van der Waals surface area contributed by atoms with Crippen molar-refractivity contribution in [3.05, 3.63) is 23.3 Å². The van der Waals surface area contributed by atoms with Gasteiger partial charge in [0.2, 0.25) is 0 Å². The minimum Gasteiger partial charge on any atom is -0.484 e. The second-order valence-electron chi connectivity index (χ2n) is 4.96. The molecule has 1 N–H and O–H groups in total. The predicted octanol–water partition coefficient (Wildman–Crippen LogP) is 2.90. The highest BCUT2D eigenvalue weighted by Crippen LogP contribution is 2.33. The Morgan fingerprint density at radius 1 is 1.41 bits per heavy atom. The standard InChI is InChI=1S/C14H21NO2/c1-9(2)16-8-12-7-15-13-6-10(3)5-11(4)14(13)17-12/h5-6,9,12,15H,7-8H2,1-4H3. The quantitative estimate of drug-likeness (QED) is 0.873. The van der Waals surface area contributed by atoms with Gasteiger partial charge in [0.25, 0.3) is 0 Å². The molecule has 0 aliphatic carbocycles. The van der Waals surface area contributed by atoms with Gasteiger partial charge in [-0.3, -0.25) is 0 Å². The van der Waals surface area contributed by atoms with Gasteiger partial charge in [0.05, 0.1) is 24.9 Å². The molecule has 0 spiro atoms. The van der Waals surface area contributed by atoms with Gasteiger partial charge in [-0.2, -0.15) is 0 Å². The minimum absolute atomic E-state index is 0.103. The van der Waals surface area contributed by atoms with Crippen LogP contribution in [0, 0.1) is 13.8 Å². The number of hydrogen-bond acceptors (Lipinski definition) is 3. The van der Waals surface area contributed by atoms with Crippen molar-refractivity contribution in [3.63, 3.8) is 0 Å². The Balaban J connectivity index is 2.08. The van der Waals surface area contributed by atoms with Crippen molar-refractivity contribution in [2.45, 2.75) is 39.9 Å². The van der Waals surface area contributed by atoms with Crippen molar-refractivity contribution in [2.75, 3.05) is 18.5 Å². The van der Waals surface area contributed by atoms with Crippen molar-refractivity contribution < 1.29 is 9.47 Å². The lowest BCUT2D eigenvalue weighted by atomic mass is 10.1. The smallest absolute Gasteiger partial charge is 0.145 e. The summed E-state index contributed by atoms with van der Waals surface area (Å²) in [5, 5.41) is 3.41. The van der Waals surface area contributed by atoms with Gasteiger partial charge in [-0.15, -0.1) is 0 Å². The first kappa shape index (κ1) is 12.2. The fraction of sp³-hybridized carbons (Fsp3) is 0.571. The molecule has 0 saturated carbocycles. The van der Waals surface area contributed by atoms with Gasteiger partial charge >= 0.3 is 0 Å². The average Bonchev–Trinajstić information content (AvgIpc) is 2.26. The van der Waals surface area contributed by atoms with Crippen molar-refractivity contribution in [1.82, 2.24) is 0 Å². The van der Waals surface area contributed by atoms with Crippen LogP contribution in [-0.2, 0) is 4.74 Å². The zero-order chi connectivity index (χ0) is 12.4. The van der Waals surface area contributed by atoms with Gasteiger partial charge in [-0.25, -0.2) is 0 Å². The van der Waals surface area contributed by atoms with E-state index in [9.17, 15) is 0 Å². The minimum atomic E-state index is 0.103. The maximum Gasteiger partial charge on any atom is 0.145 e. The Morgan fingerprint density at radius 3 is 2.88 bits per heavy atom. The molecule has 0 radical (unpaired) electrons. The van der Waals surface area contributed by atoms with Crippen LogP contribution in [0.5, 0.6) is 5.75 Å². The summed E-state index contributed by atoms with van der Waals surface area (Å²) in [6.45, 7) is 9.71. The third kappa shape index (κ3) is 2.91. The first-order valence-corrected chi connectivity index (χ1v) is 6.19. The van der Waals surface area contributed by atoms with Crippen LogP contribution >= 0.6 is 0 Å². The molecule has 0 amide bonds. The van der Waals surface area contributed by atoms with E-state index in [0.717, 1.165) is 18.0 Å². The third-order valence-corrected chi connectivity index (χ3v) is 2.84. The number of aryl methyl sites for hydroxylation is 2.